The van der Waals surface area contributed by atoms with E-state index < -0.39 is 0 Å². The van der Waals surface area contributed by atoms with Crippen LogP contribution in [-0.4, -0.2) is 4.98 Å². The maximum atomic E-state index is 5.81. The molecule has 0 aliphatic heterocycles. The molecule has 0 N–H and O–H groups in total. The van der Waals surface area contributed by atoms with Crippen molar-refractivity contribution in [2.24, 2.45) is 0 Å². The van der Waals surface area contributed by atoms with Gasteiger partial charge in [-0.25, -0.2) is 4.98 Å². The molecule has 0 spiro atoms. The second-order valence-corrected chi connectivity index (χ2v) is 6.63. The lowest BCUT2D eigenvalue weighted by Crippen LogP contribution is -1.77. The molecule has 1 aromatic carbocycles. The second-order valence-electron chi connectivity index (χ2n) is 2.60. The van der Waals surface area contributed by atoms with Crippen LogP contribution in [0.1, 0.15) is 0 Å². The molecule has 72 valence electrons. The van der Waals surface area contributed by atoms with E-state index in [2.05, 4.69) is 36.8 Å². The maximum Gasteiger partial charge on any atom is 0.160 e. The topological polar surface area (TPSA) is 12.9 Å². The normalized spacial score (nSPS) is 10.5. The van der Waals surface area contributed by atoms with Gasteiger partial charge in [-0.15, -0.1) is 0 Å². The van der Waals surface area contributed by atoms with Crippen LogP contribution < -0.4 is 0 Å². The molecule has 2 aromatic rings. The zero-order chi connectivity index (χ0) is 10.1. The summed E-state index contributed by atoms with van der Waals surface area (Å²) in [5.41, 5.74) is 2.00. The molecular weight excluding hydrogens is 349 g/mol. The Labute approximate surface area is 107 Å². The van der Waals surface area contributed by atoms with Gasteiger partial charge in [-0.3, -0.25) is 0 Å². The Morgan fingerprint density at radius 2 is 1.79 bits per heavy atom. The van der Waals surface area contributed by atoms with Crippen molar-refractivity contribution < 1.29 is 0 Å². The fourth-order valence-corrected chi connectivity index (χ4v) is 3.83. The molecule has 5 heteroatoms. The summed E-state index contributed by atoms with van der Waals surface area (Å²) in [5, 5.41) is 0.735. The van der Waals surface area contributed by atoms with E-state index >= 15 is 0 Å². The molecule has 1 nitrogen and oxygen atoms in total. The maximum absolute atomic E-state index is 5.81. The Bertz CT molecular complexity index is 452. The minimum absolute atomic E-state index is 0.735. The van der Waals surface area contributed by atoms with Crippen molar-refractivity contribution in [3.05, 3.63) is 37.0 Å². The first-order chi connectivity index (χ1) is 6.66. The SMILES string of the molecule is Clc1ccc(-c2nc(Br)sc2Br)cc1. The first-order valence-corrected chi connectivity index (χ1v) is 6.52. The molecule has 0 aliphatic rings. The van der Waals surface area contributed by atoms with E-state index in [1.165, 1.54) is 0 Å². The van der Waals surface area contributed by atoms with E-state index in [4.69, 9.17) is 11.6 Å². The number of nitrogens with zero attached hydrogens (tertiary/aromatic N) is 1. The van der Waals surface area contributed by atoms with E-state index in [0.717, 1.165) is 24.0 Å². The number of benzene rings is 1. The minimum atomic E-state index is 0.735. The Morgan fingerprint density at radius 3 is 2.29 bits per heavy atom. The van der Waals surface area contributed by atoms with Crippen LogP contribution in [0.4, 0.5) is 0 Å². The van der Waals surface area contributed by atoms with Gasteiger partial charge < -0.3 is 0 Å². The van der Waals surface area contributed by atoms with E-state index in [9.17, 15) is 0 Å². The van der Waals surface area contributed by atoms with E-state index in [-0.39, 0.29) is 0 Å². The summed E-state index contributed by atoms with van der Waals surface area (Å²) < 4.78 is 1.89. The number of thiazole rings is 1. The number of halogens is 3. The van der Waals surface area contributed by atoms with Gasteiger partial charge in [0.25, 0.3) is 0 Å². The second kappa shape index (κ2) is 4.31. The molecule has 0 saturated carbocycles. The predicted octanol–water partition coefficient (Wildman–Crippen LogP) is 4.99. The molecule has 1 aromatic heterocycles. The number of rotatable bonds is 1. The van der Waals surface area contributed by atoms with Gasteiger partial charge in [0, 0.05) is 10.6 Å². The van der Waals surface area contributed by atoms with E-state index in [1.54, 1.807) is 11.3 Å². The zero-order valence-corrected chi connectivity index (χ0v) is 11.5. The van der Waals surface area contributed by atoms with Crippen molar-refractivity contribution in [2.75, 3.05) is 0 Å². The monoisotopic (exact) mass is 351 g/mol. The molecule has 0 radical (unpaired) electrons. The highest BCUT2D eigenvalue weighted by Gasteiger charge is 2.08. The number of aromatic nitrogens is 1. The van der Waals surface area contributed by atoms with Gasteiger partial charge in [0.05, 0.1) is 9.48 Å². The quantitative estimate of drug-likeness (QED) is 0.704. The van der Waals surface area contributed by atoms with Gasteiger partial charge in [-0.05, 0) is 44.0 Å². The number of hydrogen-bond donors (Lipinski definition) is 0. The Kier molecular flexibility index (Phi) is 3.27. The fourth-order valence-electron chi connectivity index (χ4n) is 1.06. The summed E-state index contributed by atoms with van der Waals surface area (Å²) in [6.07, 6.45) is 0. The van der Waals surface area contributed by atoms with Crippen LogP contribution in [0.3, 0.4) is 0 Å². The van der Waals surface area contributed by atoms with E-state index in [1.807, 2.05) is 24.3 Å². The smallest absolute Gasteiger partial charge is 0.160 e. The Balaban J connectivity index is 2.49. The van der Waals surface area contributed by atoms with Crippen molar-refractivity contribution in [3.8, 4) is 11.3 Å². The van der Waals surface area contributed by atoms with Crippen molar-refractivity contribution in [1.29, 1.82) is 0 Å². The van der Waals surface area contributed by atoms with Gasteiger partial charge in [0.2, 0.25) is 0 Å². The molecule has 0 unspecified atom stereocenters. The Morgan fingerprint density at radius 1 is 1.14 bits per heavy atom. The standard InChI is InChI=1S/C9H4Br2ClNS/c10-8-7(13-9(11)14-8)5-1-3-6(12)4-2-5/h1-4H. The lowest BCUT2D eigenvalue weighted by molar-refractivity contribution is 1.36. The molecule has 0 fully saturated rings. The minimum Gasteiger partial charge on any atom is -0.228 e. The molecule has 0 saturated heterocycles. The van der Waals surface area contributed by atoms with E-state index in [0.29, 0.717) is 0 Å². The van der Waals surface area contributed by atoms with Gasteiger partial charge in [-0.2, -0.15) is 0 Å². The number of hydrogen-bond acceptors (Lipinski definition) is 2. The van der Waals surface area contributed by atoms with Crippen LogP contribution in [0.2, 0.25) is 5.02 Å². The molecule has 0 amide bonds. The molecule has 1 heterocycles. The lowest BCUT2D eigenvalue weighted by atomic mass is 10.2. The molecule has 0 atom stereocenters. The van der Waals surface area contributed by atoms with Crippen LogP contribution in [0.15, 0.2) is 32.0 Å². The summed E-state index contributed by atoms with van der Waals surface area (Å²) in [6.45, 7) is 0. The van der Waals surface area contributed by atoms with Crippen molar-refractivity contribution in [2.45, 2.75) is 0 Å². The average molecular weight is 353 g/mol. The fraction of sp³-hybridized carbons (Fsp3) is 0. The highest BCUT2D eigenvalue weighted by atomic mass is 79.9. The highest BCUT2D eigenvalue weighted by molar-refractivity contribution is 9.12. The summed E-state index contributed by atoms with van der Waals surface area (Å²) in [7, 11) is 0. The summed E-state index contributed by atoms with van der Waals surface area (Å²) >= 11 is 14.2. The lowest BCUT2D eigenvalue weighted by Gasteiger charge is -1.97. The van der Waals surface area contributed by atoms with Crippen LogP contribution in [0.25, 0.3) is 11.3 Å². The van der Waals surface area contributed by atoms with Gasteiger partial charge in [0.1, 0.15) is 0 Å². The van der Waals surface area contributed by atoms with Crippen LogP contribution in [0.5, 0.6) is 0 Å². The molecule has 0 aliphatic carbocycles. The van der Waals surface area contributed by atoms with Gasteiger partial charge >= 0.3 is 0 Å². The van der Waals surface area contributed by atoms with Crippen LogP contribution in [0, 0.1) is 0 Å². The third-order valence-corrected chi connectivity index (χ3v) is 4.09. The third kappa shape index (κ3) is 2.19. The van der Waals surface area contributed by atoms with Crippen LogP contribution in [-0.2, 0) is 0 Å². The third-order valence-electron chi connectivity index (χ3n) is 1.68. The summed E-state index contributed by atoms with van der Waals surface area (Å²) in [5.74, 6) is 0. The van der Waals surface area contributed by atoms with Gasteiger partial charge in [0.15, 0.2) is 3.92 Å². The van der Waals surface area contributed by atoms with Crippen LogP contribution >= 0.6 is 54.8 Å². The summed E-state index contributed by atoms with van der Waals surface area (Å²) in [4.78, 5) is 4.36. The summed E-state index contributed by atoms with van der Waals surface area (Å²) in [6, 6.07) is 7.62. The highest BCUT2D eigenvalue weighted by Crippen LogP contribution is 2.35. The first-order valence-electron chi connectivity index (χ1n) is 3.74. The largest absolute Gasteiger partial charge is 0.228 e. The Hall–Kier alpha value is 0.1000. The predicted molar refractivity (Wildman–Crippen MR) is 68.0 cm³/mol. The molecular formula is C9H4Br2ClNS. The van der Waals surface area contributed by atoms with Crippen molar-refractivity contribution in [3.63, 3.8) is 0 Å². The molecule has 2 rings (SSSR count). The molecule has 14 heavy (non-hydrogen) atoms. The zero-order valence-electron chi connectivity index (χ0n) is 6.80. The molecule has 0 bridgehead atoms. The van der Waals surface area contributed by atoms with Crippen molar-refractivity contribution in [1.82, 2.24) is 4.98 Å². The van der Waals surface area contributed by atoms with Crippen molar-refractivity contribution >= 4 is 54.8 Å². The van der Waals surface area contributed by atoms with Gasteiger partial charge in [-0.1, -0.05) is 35.1 Å². The first kappa shape index (κ1) is 10.6. The average Bonchev–Trinajstić information content (AvgIpc) is 2.47.